The van der Waals surface area contributed by atoms with Crippen LogP contribution in [0.25, 0.3) is 11.0 Å². The summed E-state index contributed by atoms with van der Waals surface area (Å²) in [7, 11) is -1.20. The van der Waals surface area contributed by atoms with Gasteiger partial charge in [-0.3, -0.25) is 4.79 Å². The number of ether oxygens (including phenoxy) is 2. The van der Waals surface area contributed by atoms with Crippen LogP contribution in [-0.4, -0.2) is 70.2 Å². The van der Waals surface area contributed by atoms with Crippen molar-refractivity contribution in [1.29, 1.82) is 0 Å². The van der Waals surface area contributed by atoms with E-state index < -0.39 is 38.4 Å². The quantitative estimate of drug-likeness (QED) is 0.205. The topological polar surface area (TPSA) is 120 Å². The summed E-state index contributed by atoms with van der Waals surface area (Å²) in [5, 5.41) is 15.0. The zero-order chi connectivity index (χ0) is 27.2. The fourth-order valence-electron chi connectivity index (χ4n) is 5.11. The van der Waals surface area contributed by atoms with Crippen LogP contribution in [0.2, 0.25) is 30.5 Å². The molecule has 3 atom stereocenters. The van der Waals surface area contributed by atoms with Crippen molar-refractivity contribution in [1.82, 2.24) is 19.7 Å². The van der Waals surface area contributed by atoms with Gasteiger partial charge in [0.25, 0.3) is 0 Å². The maximum Gasteiger partial charge on any atom is 0.335 e. The molecule has 3 aromatic rings. The van der Waals surface area contributed by atoms with Gasteiger partial charge in [0, 0.05) is 26.4 Å². The summed E-state index contributed by atoms with van der Waals surface area (Å²) >= 11 is 6.39. The van der Waals surface area contributed by atoms with Crippen LogP contribution in [0.1, 0.15) is 29.1 Å². The SMILES string of the molecule is C=C1[C@H](Cc2ccccc2C(=O)O)O[C@@H](n2ncc3c(N4CC[Si](C)(C)CC4)nc(Cl)nc32)[C@@H]1OC(C)=O. The molecule has 2 aromatic heterocycles. The number of benzene rings is 1. The molecule has 0 radical (unpaired) electrons. The Kier molecular flexibility index (Phi) is 7.01. The lowest BCUT2D eigenvalue weighted by Gasteiger charge is -2.36. The van der Waals surface area contributed by atoms with Crippen molar-refractivity contribution in [2.75, 3.05) is 18.0 Å². The summed E-state index contributed by atoms with van der Waals surface area (Å²) in [6.45, 7) is 12.0. The highest BCUT2D eigenvalue weighted by Gasteiger charge is 2.44. The van der Waals surface area contributed by atoms with Gasteiger partial charge in [-0.15, -0.1) is 0 Å². The fraction of sp³-hybridized carbons (Fsp3) is 0.423. The number of anilines is 1. The number of esters is 1. The van der Waals surface area contributed by atoms with Crippen LogP contribution < -0.4 is 4.90 Å². The molecule has 2 aliphatic heterocycles. The lowest BCUT2D eigenvalue weighted by atomic mass is 9.97. The Morgan fingerprint density at radius 2 is 1.95 bits per heavy atom. The second-order valence-corrected chi connectivity index (χ2v) is 16.2. The molecule has 1 N–H and O–H groups in total. The van der Waals surface area contributed by atoms with Crippen LogP contribution >= 0.6 is 11.6 Å². The molecule has 2 fully saturated rings. The van der Waals surface area contributed by atoms with Crippen molar-refractivity contribution in [3.05, 3.63) is 59.0 Å². The molecule has 0 aliphatic carbocycles. The summed E-state index contributed by atoms with van der Waals surface area (Å²) in [6.07, 6.45) is -0.407. The average Bonchev–Trinajstić information content (AvgIpc) is 3.40. The van der Waals surface area contributed by atoms with Gasteiger partial charge >= 0.3 is 11.9 Å². The lowest BCUT2D eigenvalue weighted by Crippen LogP contribution is -2.43. The van der Waals surface area contributed by atoms with Gasteiger partial charge < -0.3 is 19.5 Å². The molecule has 0 unspecified atom stereocenters. The monoisotopic (exact) mass is 555 g/mol. The summed E-state index contributed by atoms with van der Waals surface area (Å²) < 4.78 is 13.5. The minimum atomic E-state index is -1.20. The van der Waals surface area contributed by atoms with E-state index in [0.29, 0.717) is 16.8 Å². The third kappa shape index (κ3) is 5.05. The number of carboxylic acid groups (broad SMARTS) is 1. The number of halogens is 1. The van der Waals surface area contributed by atoms with Gasteiger partial charge in [0.2, 0.25) is 5.28 Å². The van der Waals surface area contributed by atoms with E-state index in [1.165, 1.54) is 6.92 Å². The van der Waals surface area contributed by atoms with E-state index in [1.807, 2.05) is 0 Å². The van der Waals surface area contributed by atoms with Gasteiger partial charge in [0.15, 0.2) is 18.0 Å². The molecule has 0 amide bonds. The van der Waals surface area contributed by atoms with Crippen molar-refractivity contribution >= 4 is 48.5 Å². The van der Waals surface area contributed by atoms with E-state index in [4.69, 9.17) is 21.1 Å². The zero-order valence-electron chi connectivity index (χ0n) is 21.6. The van der Waals surface area contributed by atoms with E-state index in [1.54, 1.807) is 35.1 Å². The smallest absolute Gasteiger partial charge is 0.335 e. The fourth-order valence-corrected chi connectivity index (χ4v) is 7.27. The minimum Gasteiger partial charge on any atom is -0.478 e. The molecule has 1 aromatic carbocycles. The normalized spacial score (nSPS) is 23.1. The van der Waals surface area contributed by atoms with Crippen molar-refractivity contribution in [2.24, 2.45) is 0 Å². The van der Waals surface area contributed by atoms with E-state index in [2.05, 4.69) is 39.6 Å². The number of hydrogen-bond donors (Lipinski definition) is 1. The number of aromatic nitrogens is 4. The Hall–Kier alpha value is -3.28. The average molecular weight is 556 g/mol. The predicted molar refractivity (Wildman–Crippen MR) is 145 cm³/mol. The summed E-state index contributed by atoms with van der Waals surface area (Å²) in [6, 6.07) is 9.03. The molecule has 0 spiro atoms. The first kappa shape index (κ1) is 26.3. The third-order valence-corrected chi connectivity index (χ3v) is 10.7. The summed E-state index contributed by atoms with van der Waals surface area (Å²) in [5.41, 5.74) is 1.74. The molecule has 12 heteroatoms. The number of hydrogen-bond acceptors (Lipinski definition) is 8. The van der Waals surface area contributed by atoms with Crippen LogP contribution in [0.4, 0.5) is 5.82 Å². The van der Waals surface area contributed by atoms with Gasteiger partial charge in [-0.2, -0.15) is 15.1 Å². The van der Waals surface area contributed by atoms with Crippen molar-refractivity contribution in [3.8, 4) is 0 Å². The molecule has 38 heavy (non-hydrogen) atoms. The van der Waals surface area contributed by atoms with E-state index >= 15 is 0 Å². The molecule has 0 bridgehead atoms. The zero-order valence-corrected chi connectivity index (χ0v) is 23.3. The summed E-state index contributed by atoms with van der Waals surface area (Å²) in [4.78, 5) is 35.0. The number of fused-ring (bicyclic) bond motifs is 1. The Balaban J connectivity index is 1.50. The Morgan fingerprint density at radius 1 is 1.24 bits per heavy atom. The van der Waals surface area contributed by atoms with Crippen molar-refractivity contribution in [2.45, 2.75) is 57.0 Å². The van der Waals surface area contributed by atoms with E-state index in [0.717, 1.165) is 36.4 Å². The van der Waals surface area contributed by atoms with Crippen LogP contribution in [-0.2, 0) is 20.7 Å². The second kappa shape index (κ2) is 10.1. The van der Waals surface area contributed by atoms with E-state index in [-0.39, 0.29) is 17.3 Å². The number of carbonyl (C=O) groups is 2. The van der Waals surface area contributed by atoms with Gasteiger partial charge in [-0.1, -0.05) is 37.9 Å². The lowest BCUT2D eigenvalue weighted by molar-refractivity contribution is -0.151. The molecule has 2 saturated heterocycles. The number of rotatable bonds is 6. The van der Waals surface area contributed by atoms with Crippen molar-refractivity contribution in [3.63, 3.8) is 0 Å². The van der Waals surface area contributed by atoms with Crippen molar-refractivity contribution < 1.29 is 24.2 Å². The molecule has 0 saturated carbocycles. The van der Waals surface area contributed by atoms with Gasteiger partial charge in [0.1, 0.15) is 5.82 Å². The minimum absolute atomic E-state index is 0.0872. The number of carbonyl (C=O) groups excluding carboxylic acids is 1. The Morgan fingerprint density at radius 3 is 2.63 bits per heavy atom. The summed E-state index contributed by atoms with van der Waals surface area (Å²) in [5.74, 6) is -0.803. The molecule has 4 heterocycles. The van der Waals surface area contributed by atoms with E-state index in [9.17, 15) is 14.7 Å². The molecular weight excluding hydrogens is 526 g/mol. The maximum atomic E-state index is 12.0. The first-order valence-electron chi connectivity index (χ1n) is 12.5. The molecular formula is C26H30ClN5O5Si. The van der Waals surface area contributed by atoms with Crippen LogP contribution in [0, 0.1) is 0 Å². The first-order valence-corrected chi connectivity index (χ1v) is 16.3. The second-order valence-electron chi connectivity index (χ2n) is 10.6. The first-order chi connectivity index (χ1) is 18.0. The Labute approximate surface area is 226 Å². The van der Waals surface area contributed by atoms with Crippen LogP contribution in [0.3, 0.4) is 0 Å². The highest BCUT2D eigenvalue weighted by molar-refractivity contribution is 6.77. The molecule has 5 rings (SSSR count). The Bertz CT molecular complexity index is 1420. The molecule has 10 nitrogen and oxygen atoms in total. The number of nitrogens with zero attached hydrogens (tertiary/aromatic N) is 5. The van der Waals surface area contributed by atoms with Gasteiger partial charge in [0.05, 0.1) is 31.3 Å². The van der Waals surface area contributed by atoms with Gasteiger partial charge in [-0.25, -0.2) is 9.48 Å². The largest absolute Gasteiger partial charge is 0.478 e. The third-order valence-electron chi connectivity index (χ3n) is 7.35. The van der Waals surface area contributed by atoms with Crippen LogP contribution in [0.15, 0.2) is 42.6 Å². The number of carboxylic acids is 1. The number of aromatic carboxylic acids is 1. The maximum absolute atomic E-state index is 12.0. The molecule has 2 aliphatic rings. The van der Waals surface area contributed by atoms with Gasteiger partial charge in [-0.05, 0) is 40.9 Å². The van der Waals surface area contributed by atoms with Crippen LogP contribution in [0.5, 0.6) is 0 Å². The highest BCUT2D eigenvalue weighted by atomic mass is 35.5. The molecule has 200 valence electrons. The highest BCUT2D eigenvalue weighted by Crippen LogP contribution is 2.39. The predicted octanol–water partition coefficient (Wildman–Crippen LogP) is 4.33. The standard InChI is InChI=1S/C26H30ClN5O5Si/c1-15-20(13-17-7-5-6-8-18(17)25(34)35)37-24(21(15)36-16(2)33)32-23-19(14-28-32)22(29-26(27)30-23)31-9-11-38(3,4)12-10-31/h5-8,14,20-21,24H,1,9-13H2,2-4H3,(H,34,35)/t20-,21+,24+/m0/s1.